The van der Waals surface area contributed by atoms with Gasteiger partial charge in [0.2, 0.25) is 0 Å². The largest absolute Gasteiger partial charge is 0.370 e. The van der Waals surface area contributed by atoms with Crippen LogP contribution in [0.4, 0.5) is 5.82 Å². The minimum Gasteiger partial charge on any atom is -0.370 e. The number of nitrogens with one attached hydrogen (secondary N) is 1. The monoisotopic (exact) mass is 258 g/mol. The van der Waals surface area contributed by atoms with Crippen molar-refractivity contribution in [2.75, 3.05) is 11.9 Å². The lowest BCUT2D eigenvalue weighted by Crippen LogP contribution is -2.10. The molecule has 19 heavy (non-hydrogen) atoms. The molecule has 2 aromatic heterocycles. The fraction of sp³-hybridized carbons (Fsp3) is 0.467. The third-order valence-electron chi connectivity index (χ3n) is 3.19. The molecule has 0 saturated carbocycles. The van der Waals surface area contributed by atoms with Gasteiger partial charge in [0.15, 0.2) is 0 Å². The molecule has 4 nitrogen and oxygen atoms in total. The van der Waals surface area contributed by atoms with Crippen LogP contribution in [-0.4, -0.2) is 21.3 Å². The summed E-state index contributed by atoms with van der Waals surface area (Å²) in [5.41, 5.74) is 3.62. The molecule has 0 aromatic carbocycles. The highest BCUT2D eigenvalue weighted by molar-refractivity contribution is 5.43. The van der Waals surface area contributed by atoms with Crippen molar-refractivity contribution in [3.63, 3.8) is 0 Å². The topological polar surface area (TPSA) is 42.7 Å². The quantitative estimate of drug-likeness (QED) is 0.866. The van der Waals surface area contributed by atoms with E-state index in [0.717, 1.165) is 37.4 Å². The zero-order valence-corrected chi connectivity index (χ0v) is 12.0. The number of aromatic nitrogens is 3. The standard InChI is InChI=1S/C15H22N4/c1-4-13-10-14(5-2)19(18-13)11-12-8-7-9-17-15(12)16-6-3/h7-10H,4-6,11H2,1-3H3,(H,16,17). The summed E-state index contributed by atoms with van der Waals surface area (Å²) in [5.74, 6) is 0.959. The average molecular weight is 258 g/mol. The predicted molar refractivity (Wildman–Crippen MR) is 78.5 cm³/mol. The zero-order valence-electron chi connectivity index (χ0n) is 12.0. The zero-order chi connectivity index (χ0) is 13.7. The lowest BCUT2D eigenvalue weighted by atomic mass is 10.2. The van der Waals surface area contributed by atoms with Crippen molar-refractivity contribution >= 4 is 5.82 Å². The van der Waals surface area contributed by atoms with E-state index in [-0.39, 0.29) is 0 Å². The van der Waals surface area contributed by atoms with Gasteiger partial charge >= 0.3 is 0 Å². The van der Waals surface area contributed by atoms with E-state index in [2.05, 4.69) is 53.0 Å². The number of nitrogens with zero attached hydrogens (tertiary/aromatic N) is 3. The fourth-order valence-electron chi connectivity index (χ4n) is 2.16. The van der Waals surface area contributed by atoms with Crippen LogP contribution < -0.4 is 5.32 Å². The van der Waals surface area contributed by atoms with Crippen molar-refractivity contribution in [1.82, 2.24) is 14.8 Å². The minimum atomic E-state index is 0.777. The molecule has 1 N–H and O–H groups in total. The molecule has 0 fully saturated rings. The normalized spacial score (nSPS) is 10.7. The molecule has 0 unspecified atom stereocenters. The van der Waals surface area contributed by atoms with Crippen LogP contribution in [-0.2, 0) is 19.4 Å². The first-order valence-corrected chi connectivity index (χ1v) is 7.01. The third-order valence-corrected chi connectivity index (χ3v) is 3.19. The molecule has 2 heterocycles. The van der Waals surface area contributed by atoms with Gasteiger partial charge in [-0.3, -0.25) is 4.68 Å². The smallest absolute Gasteiger partial charge is 0.130 e. The lowest BCUT2D eigenvalue weighted by Gasteiger charge is -2.11. The molecular weight excluding hydrogens is 236 g/mol. The Bertz CT molecular complexity index is 531. The Balaban J connectivity index is 2.27. The molecule has 0 atom stereocenters. The van der Waals surface area contributed by atoms with Crippen LogP contribution in [0.1, 0.15) is 37.7 Å². The molecular formula is C15H22N4. The van der Waals surface area contributed by atoms with E-state index in [1.165, 1.54) is 11.3 Å². The van der Waals surface area contributed by atoms with Gasteiger partial charge in [-0.05, 0) is 31.9 Å². The highest BCUT2D eigenvalue weighted by Gasteiger charge is 2.08. The fourth-order valence-corrected chi connectivity index (χ4v) is 2.16. The maximum Gasteiger partial charge on any atom is 0.130 e. The maximum atomic E-state index is 4.66. The Morgan fingerprint density at radius 3 is 2.74 bits per heavy atom. The van der Waals surface area contributed by atoms with Crippen LogP contribution in [0, 0.1) is 0 Å². The van der Waals surface area contributed by atoms with Gasteiger partial charge in [0.1, 0.15) is 5.82 Å². The Kier molecular flexibility index (Phi) is 4.55. The van der Waals surface area contributed by atoms with Crippen molar-refractivity contribution in [1.29, 1.82) is 0 Å². The van der Waals surface area contributed by atoms with Crippen molar-refractivity contribution in [2.24, 2.45) is 0 Å². The van der Waals surface area contributed by atoms with Crippen molar-refractivity contribution in [3.05, 3.63) is 41.3 Å². The lowest BCUT2D eigenvalue weighted by molar-refractivity contribution is 0.640. The van der Waals surface area contributed by atoms with Crippen LogP contribution in [0.15, 0.2) is 24.4 Å². The second-order valence-electron chi connectivity index (χ2n) is 4.53. The molecule has 2 aromatic rings. The van der Waals surface area contributed by atoms with Gasteiger partial charge in [-0.2, -0.15) is 5.10 Å². The molecule has 102 valence electrons. The Morgan fingerprint density at radius 1 is 1.21 bits per heavy atom. The van der Waals surface area contributed by atoms with Crippen molar-refractivity contribution in [2.45, 2.75) is 40.2 Å². The molecule has 0 aliphatic carbocycles. The van der Waals surface area contributed by atoms with Gasteiger partial charge in [-0.15, -0.1) is 0 Å². The third kappa shape index (κ3) is 3.13. The number of pyridine rings is 1. The summed E-state index contributed by atoms with van der Waals surface area (Å²) >= 11 is 0. The second-order valence-corrected chi connectivity index (χ2v) is 4.53. The van der Waals surface area contributed by atoms with E-state index < -0.39 is 0 Å². The molecule has 0 amide bonds. The minimum absolute atomic E-state index is 0.777. The molecule has 0 radical (unpaired) electrons. The first-order chi connectivity index (χ1) is 9.28. The number of hydrogen-bond acceptors (Lipinski definition) is 3. The maximum absolute atomic E-state index is 4.66. The van der Waals surface area contributed by atoms with E-state index in [0.29, 0.717) is 0 Å². The van der Waals surface area contributed by atoms with Gasteiger partial charge in [-0.1, -0.05) is 19.9 Å². The molecule has 0 spiro atoms. The van der Waals surface area contributed by atoms with Gasteiger partial charge < -0.3 is 5.32 Å². The summed E-state index contributed by atoms with van der Waals surface area (Å²) < 4.78 is 2.09. The number of hydrogen-bond donors (Lipinski definition) is 1. The molecule has 0 aliphatic heterocycles. The number of aryl methyl sites for hydroxylation is 2. The van der Waals surface area contributed by atoms with Crippen LogP contribution in [0.25, 0.3) is 0 Å². The van der Waals surface area contributed by atoms with E-state index in [1.54, 1.807) is 0 Å². The van der Waals surface area contributed by atoms with E-state index in [9.17, 15) is 0 Å². The van der Waals surface area contributed by atoms with Gasteiger partial charge in [-0.25, -0.2) is 4.98 Å². The molecule has 4 heteroatoms. The van der Waals surface area contributed by atoms with Gasteiger partial charge in [0.25, 0.3) is 0 Å². The van der Waals surface area contributed by atoms with E-state index in [4.69, 9.17) is 0 Å². The van der Waals surface area contributed by atoms with Crippen molar-refractivity contribution < 1.29 is 0 Å². The highest BCUT2D eigenvalue weighted by Crippen LogP contribution is 2.15. The van der Waals surface area contributed by atoms with Crippen molar-refractivity contribution in [3.8, 4) is 0 Å². The van der Waals surface area contributed by atoms with Gasteiger partial charge in [0, 0.05) is 24.0 Å². The van der Waals surface area contributed by atoms with E-state index in [1.807, 2.05) is 12.3 Å². The summed E-state index contributed by atoms with van der Waals surface area (Å²) in [6, 6.07) is 6.28. The molecule has 2 rings (SSSR count). The SMILES string of the molecule is CCNc1ncccc1Cn1nc(CC)cc1CC. The summed E-state index contributed by atoms with van der Waals surface area (Å²) in [7, 11) is 0. The average Bonchev–Trinajstić information content (AvgIpc) is 2.83. The summed E-state index contributed by atoms with van der Waals surface area (Å²) in [6.45, 7) is 8.05. The first-order valence-electron chi connectivity index (χ1n) is 7.01. The molecule has 0 saturated heterocycles. The molecule has 0 bridgehead atoms. The first kappa shape index (κ1) is 13.6. The Hall–Kier alpha value is -1.84. The Morgan fingerprint density at radius 2 is 2.05 bits per heavy atom. The van der Waals surface area contributed by atoms with Crippen LogP contribution in [0.2, 0.25) is 0 Å². The summed E-state index contributed by atoms with van der Waals surface area (Å²) in [4.78, 5) is 4.39. The van der Waals surface area contributed by atoms with Crippen LogP contribution >= 0.6 is 0 Å². The predicted octanol–water partition coefficient (Wildman–Crippen LogP) is 2.88. The summed E-state index contributed by atoms with van der Waals surface area (Å²) in [6.07, 6.45) is 3.81. The van der Waals surface area contributed by atoms with Crippen LogP contribution in [0.3, 0.4) is 0 Å². The number of rotatable bonds is 6. The second kappa shape index (κ2) is 6.36. The number of anilines is 1. The highest BCUT2D eigenvalue weighted by atomic mass is 15.3. The van der Waals surface area contributed by atoms with Crippen LogP contribution in [0.5, 0.6) is 0 Å². The summed E-state index contributed by atoms with van der Waals surface area (Å²) in [5, 5.41) is 7.96. The van der Waals surface area contributed by atoms with Gasteiger partial charge in [0.05, 0.1) is 12.2 Å². The Labute approximate surface area is 114 Å². The molecule has 0 aliphatic rings. The van der Waals surface area contributed by atoms with E-state index >= 15 is 0 Å².